The summed E-state index contributed by atoms with van der Waals surface area (Å²) in [5.41, 5.74) is 4.02. The maximum atomic E-state index is 14.6. The maximum absolute atomic E-state index is 14.6. The molecule has 2 unspecified atom stereocenters. The molecule has 0 bridgehead atoms. The molecule has 0 saturated carbocycles. The molecular weight excluding hydrogens is 513 g/mol. The van der Waals surface area contributed by atoms with Crippen molar-refractivity contribution >= 4 is 29.3 Å². The summed E-state index contributed by atoms with van der Waals surface area (Å²) in [6, 6.07) is 0.990. The molecule has 2 heterocycles. The number of nitrogens with two attached hydrogens (primary N) is 1. The van der Waals surface area contributed by atoms with E-state index in [9.17, 15) is 37.3 Å². The number of hydrogen-bond acceptors (Lipinski definition) is 11. The van der Waals surface area contributed by atoms with Gasteiger partial charge in [-0.15, -0.1) is 0 Å². The van der Waals surface area contributed by atoms with Crippen molar-refractivity contribution in [2.75, 3.05) is 5.73 Å². The first-order valence-corrected chi connectivity index (χ1v) is 12.8. The topological polar surface area (TPSA) is 250 Å². The molecule has 1 fully saturated rings. The smallest absolute Gasteiger partial charge is 0.384 e. The fourth-order valence-electron chi connectivity index (χ4n) is 2.66. The fraction of sp³-hybridized carbons (Fsp3) is 0.636. The Labute approximate surface area is 177 Å². The SMILES string of the molecule is CC[C@@H](OP(=O)(O)OP(=O)(O)OP(=O)(O)O)[C@H]1O[C@@H](n2ccc(N)nc2=O)C(F)(F)[C@@H]1O. The summed E-state index contributed by atoms with van der Waals surface area (Å²) in [7, 11) is -17.2. The molecule has 0 radical (unpaired) electrons. The minimum atomic E-state index is -5.86. The van der Waals surface area contributed by atoms with E-state index in [4.69, 9.17) is 25.2 Å². The minimum absolute atomic E-state index is 0.288. The van der Waals surface area contributed by atoms with E-state index in [1.54, 1.807) is 0 Å². The van der Waals surface area contributed by atoms with Crippen molar-refractivity contribution in [3.63, 3.8) is 0 Å². The molecule has 1 saturated heterocycles. The number of aliphatic hydroxyl groups excluding tert-OH is 1. The molecule has 16 nitrogen and oxygen atoms in total. The van der Waals surface area contributed by atoms with Gasteiger partial charge in [0.05, 0.1) is 6.10 Å². The lowest BCUT2D eigenvalue weighted by molar-refractivity contribution is -0.141. The normalized spacial score (nSPS) is 28.1. The number of hydrogen-bond donors (Lipinski definition) is 6. The Kier molecular flexibility index (Phi) is 7.84. The maximum Gasteiger partial charge on any atom is 0.490 e. The highest BCUT2D eigenvalue weighted by molar-refractivity contribution is 7.66. The summed E-state index contributed by atoms with van der Waals surface area (Å²) in [6.45, 7) is 1.22. The number of nitrogens with zero attached hydrogens (tertiary/aromatic N) is 2. The van der Waals surface area contributed by atoms with Crippen molar-refractivity contribution in [3.05, 3.63) is 22.7 Å². The molecule has 32 heavy (non-hydrogen) atoms. The number of alkyl halides is 2. The third kappa shape index (κ3) is 6.47. The van der Waals surface area contributed by atoms with Gasteiger partial charge in [0.15, 0.2) is 6.10 Å². The van der Waals surface area contributed by atoms with Crippen LogP contribution in [0.5, 0.6) is 0 Å². The highest BCUT2D eigenvalue weighted by Gasteiger charge is 2.62. The number of rotatable bonds is 9. The van der Waals surface area contributed by atoms with Crippen LogP contribution >= 0.6 is 23.5 Å². The van der Waals surface area contributed by atoms with Gasteiger partial charge in [-0.05, 0) is 12.5 Å². The first-order valence-electron chi connectivity index (χ1n) is 8.27. The number of aromatic nitrogens is 2. The van der Waals surface area contributed by atoms with Crippen LogP contribution in [0.1, 0.15) is 19.6 Å². The zero-order valence-electron chi connectivity index (χ0n) is 15.7. The highest BCUT2D eigenvalue weighted by Crippen LogP contribution is 2.67. The number of phosphoric acid groups is 3. The van der Waals surface area contributed by atoms with Gasteiger partial charge in [-0.1, -0.05) is 6.92 Å². The van der Waals surface area contributed by atoms with Crippen LogP contribution in [0.3, 0.4) is 0 Å². The number of phosphoric ester groups is 1. The van der Waals surface area contributed by atoms with E-state index in [2.05, 4.69) is 18.1 Å². The number of nitrogen functional groups attached to an aromatic ring is 1. The third-order valence-corrected chi connectivity index (χ3v) is 7.74. The van der Waals surface area contributed by atoms with Crippen LogP contribution in [0.25, 0.3) is 0 Å². The minimum Gasteiger partial charge on any atom is -0.384 e. The Bertz CT molecular complexity index is 1050. The lowest BCUT2D eigenvalue weighted by Crippen LogP contribution is -2.44. The second kappa shape index (κ2) is 9.25. The molecule has 0 aliphatic carbocycles. The Morgan fingerprint density at radius 1 is 1.25 bits per heavy atom. The standard InChI is InChI=1S/C11H18F2N3O13P3/c1-2-5(27-31(22,23)29-32(24,25)28-30(19,20)21)7-8(17)11(12,13)9(26-7)16-4-3-6(14)15-10(16)18/h3-5,7-9,17H,2H2,1H3,(H,22,23)(H,24,25)(H2,14,15,18)(H2,19,20,21)/t5-,7-,8-,9-/m1/s1. The van der Waals surface area contributed by atoms with Crippen molar-refractivity contribution in [3.8, 4) is 0 Å². The van der Waals surface area contributed by atoms with Gasteiger partial charge in [-0.25, -0.2) is 18.5 Å². The average molecular weight is 531 g/mol. The fourth-order valence-corrected chi connectivity index (χ4v) is 5.93. The molecular formula is C11H18F2N3O13P3. The van der Waals surface area contributed by atoms with Gasteiger partial charge in [-0.3, -0.25) is 9.09 Å². The highest BCUT2D eigenvalue weighted by atomic mass is 31.3. The van der Waals surface area contributed by atoms with Crippen molar-refractivity contribution in [1.29, 1.82) is 0 Å². The van der Waals surface area contributed by atoms with Gasteiger partial charge >= 0.3 is 35.1 Å². The van der Waals surface area contributed by atoms with E-state index < -0.39 is 66.0 Å². The van der Waals surface area contributed by atoms with Gasteiger partial charge in [0.1, 0.15) is 11.9 Å². The van der Waals surface area contributed by atoms with Gasteiger partial charge in [-0.2, -0.15) is 22.4 Å². The quantitative estimate of drug-likeness (QED) is 0.227. The van der Waals surface area contributed by atoms with Gasteiger partial charge in [0, 0.05) is 6.20 Å². The number of aliphatic hydroxyl groups is 1. The molecule has 1 aliphatic rings. The second-order valence-electron chi connectivity index (χ2n) is 6.26. The lowest BCUT2D eigenvalue weighted by Gasteiger charge is -2.26. The van der Waals surface area contributed by atoms with Crippen molar-refractivity contribution < 1.29 is 65.0 Å². The van der Waals surface area contributed by atoms with E-state index in [-0.39, 0.29) is 5.82 Å². The molecule has 21 heteroatoms. The molecule has 0 aromatic carbocycles. The summed E-state index contributed by atoms with van der Waals surface area (Å²) in [4.78, 5) is 50.9. The van der Waals surface area contributed by atoms with Crippen LogP contribution in [0.2, 0.25) is 0 Å². The van der Waals surface area contributed by atoms with Crippen LogP contribution in [0.15, 0.2) is 17.1 Å². The summed E-state index contributed by atoms with van der Waals surface area (Å²) in [6.07, 6.45) is -8.78. The largest absolute Gasteiger partial charge is 0.490 e. The van der Waals surface area contributed by atoms with E-state index in [0.29, 0.717) is 4.57 Å². The molecule has 0 amide bonds. The summed E-state index contributed by atoms with van der Waals surface area (Å²) in [5.74, 6) is -4.44. The summed E-state index contributed by atoms with van der Waals surface area (Å²) >= 11 is 0. The van der Waals surface area contributed by atoms with Crippen LogP contribution in [0.4, 0.5) is 14.6 Å². The van der Waals surface area contributed by atoms with Crippen LogP contribution in [0, 0.1) is 0 Å². The molecule has 1 aromatic rings. The molecule has 1 aromatic heterocycles. The number of ether oxygens (including phenoxy) is 1. The van der Waals surface area contributed by atoms with Crippen molar-refractivity contribution in [2.24, 2.45) is 0 Å². The van der Waals surface area contributed by atoms with Gasteiger partial charge < -0.3 is 35.2 Å². The predicted molar refractivity (Wildman–Crippen MR) is 96.8 cm³/mol. The molecule has 6 atom stereocenters. The first kappa shape index (κ1) is 27.1. The zero-order valence-corrected chi connectivity index (χ0v) is 18.4. The first-order chi connectivity index (χ1) is 14.4. The zero-order chi connectivity index (χ0) is 24.7. The third-order valence-electron chi connectivity index (χ3n) is 3.88. The van der Waals surface area contributed by atoms with Crippen LogP contribution in [-0.4, -0.2) is 58.5 Å². The molecule has 0 spiro atoms. The summed E-state index contributed by atoms with van der Waals surface area (Å²) in [5, 5.41) is 10.0. The van der Waals surface area contributed by atoms with E-state index in [1.807, 2.05) is 0 Å². The van der Waals surface area contributed by atoms with Crippen molar-refractivity contribution in [2.45, 2.75) is 43.8 Å². The molecule has 2 rings (SSSR count). The Hall–Kier alpha value is -1.13. The lowest BCUT2D eigenvalue weighted by atomic mass is 10.0. The van der Waals surface area contributed by atoms with Crippen LogP contribution in [-0.2, 0) is 31.6 Å². The Morgan fingerprint density at radius 2 is 1.84 bits per heavy atom. The monoisotopic (exact) mass is 531 g/mol. The Morgan fingerprint density at radius 3 is 2.34 bits per heavy atom. The molecule has 1 aliphatic heterocycles. The van der Waals surface area contributed by atoms with Crippen molar-refractivity contribution in [1.82, 2.24) is 9.55 Å². The summed E-state index contributed by atoms with van der Waals surface area (Å²) < 4.78 is 80.1. The molecule has 184 valence electrons. The van der Waals surface area contributed by atoms with E-state index in [0.717, 1.165) is 12.3 Å². The number of anilines is 1. The molecule has 7 N–H and O–H groups in total. The van der Waals surface area contributed by atoms with Gasteiger partial charge in [0.2, 0.25) is 6.23 Å². The number of halogens is 2. The van der Waals surface area contributed by atoms with Crippen LogP contribution < -0.4 is 11.4 Å². The van der Waals surface area contributed by atoms with Gasteiger partial charge in [0.25, 0.3) is 0 Å². The van der Waals surface area contributed by atoms with E-state index in [1.165, 1.54) is 6.92 Å². The average Bonchev–Trinajstić information content (AvgIpc) is 2.80. The van der Waals surface area contributed by atoms with E-state index >= 15 is 0 Å². The Balaban J connectivity index is 2.27. The second-order valence-corrected chi connectivity index (χ2v) is 10.6. The predicted octanol–water partition coefficient (Wildman–Crippen LogP) is -0.159.